The molecule has 0 nitrogen and oxygen atoms in total. The van der Waals surface area contributed by atoms with Gasteiger partial charge in [-0.2, -0.15) is 0 Å². The molecule has 0 aliphatic rings. The second kappa shape index (κ2) is 3.97. The minimum absolute atomic E-state index is 0.866. The zero-order chi connectivity index (χ0) is 8.10. The van der Waals surface area contributed by atoms with Gasteiger partial charge in [-0.05, 0) is 31.4 Å². The summed E-state index contributed by atoms with van der Waals surface area (Å²) in [5, 5.41) is 0. The van der Waals surface area contributed by atoms with Gasteiger partial charge in [0.25, 0.3) is 0 Å². The van der Waals surface area contributed by atoms with Crippen LogP contribution in [0.15, 0.2) is 30.3 Å². The van der Waals surface area contributed by atoms with Crippen LogP contribution in [0.2, 0.25) is 0 Å². The average molecular weight is 145 g/mol. The molecule has 1 rings (SSSR count). The predicted octanol–water partition coefficient (Wildman–Crippen LogP) is 3.10. The first-order valence-corrected chi connectivity index (χ1v) is 3.87. The fraction of sp³-hybridized carbons (Fsp3) is 0.182. The zero-order valence-corrected chi connectivity index (χ0v) is 6.88. The molecule has 0 saturated carbocycles. The van der Waals surface area contributed by atoms with Crippen LogP contribution >= 0.6 is 0 Å². The van der Waals surface area contributed by atoms with E-state index in [0.29, 0.717) is 0 Å². The van der Waals surface area contributed by atoms with E-state index in [9.17, 15) is 0 Å². The molecule has 0 aliphatic heterocycles. The summed E-state index contributed by atoms with van der Waals surface area (Å²) < 4.78 is 0. The molecule has 0 saturated heterocycles. The number of benzene rings is 1. The van der Waals surface area contributed by atoms with E-state index in [2.05, 4.69) is 37.3 Å². The largest absolute Gasteiger partial charge is 0.0871 e. The molecule has 57 valence electrons. The van der Waals surface area contributed by atoms with Crippen molar-refractivity contribution in [3.05, 3.63) is 48.4 Å². The lowest BCUT2D eigenvalue weighted by atomic mass is 10.1. The van der Waals surface area contributed by atoms with Crippen molar-refractivity contribution in [3.63, 3.8) is 0 Å². The Balaban J connectivity index is 2.91. The second-order valence-electron chi connectivity index (χ2n) is 2.50. The van der Waals surface area contributed by atoms with Crippen molar-refractivity contribution in [1.29, 1.82) is 0 Å². The molecule has 11 heavy (non-hydrogen) atoms. The van der Waals surface area contributed by atoms with Gasteiger partial charge < -0.3 is 0 Å². The molecule has 0 aliphatic carbocycles. The van der Waals surface area contributed by atoms with E-state index in [0.717, 1.165) is 6.42 Å². The lowest BCUT2D eigenvalue weighted by molar-refractivity contribution is 1.27. The van der Waals surface area contributed by atoms with Crippen molar-refractivity contribution < 1.29 is 0 Å². The van der Waals surface area contributed by atoms with Crippen molar-refractivity contribution in [2.45, 2.75) is 13.3 Å². The summed E-state index contributed by atoms with van der Waals surface area (Å²) in [5.41, 5.74) is 2.55. The summed E-state index contributed by atoms with van der Waals surface area (Å²) in [6, 6.07) is 8.42. The molecule has 0 aromatic heterocycles. The number of hydrogen-bond donors (Lipinski definition) is 0. The van der Waals surface area contributed by atoms with Gasteiger partial charge in [0, 0.05) is 0 Å². The molecule has 0 atom stereocenters. The van der Waals surface area contributed by atoms with Crippen LogP contribution < -0.4 is 0 Å². The molecule has 1 aromatic carbocycles. The highest BCUT2D eigenvalue weighted by atomic mass is 13.9. The summed E-state index contributed by atoms with van der Waals surface area (Å²) in [7, 11) is 0. The molecular formula is C11H13. The Hall–Kier alpha value is -1.04. The maximum atomic E-state index is 3.83. The monoisotopic (exact) mass is 145 g/mol. The van der Waals surface area contributed by atoms with Crippen molar-refractivity contribution in [2.75, 3.05) is 0 Å². The van der Waals surface area contributed by atoms with Crippen LogP contribution in [0, 0.1) is 6.92 Å². The standard InChI is InChI=1S/C11H13/c1-3-6-11-8-5-7-10(4-2)9-11/h3,5-9H,2,4H2,1H3/b6-3-. The van der Waals surface area contributed by atoms with Crippen LogP contribution in [-0.2, 0) is 6.42 Å². The Labute approximate surface area is 68.6 Å². The number of hydrogen-bond acceptors (Lipinski definition) is 0. The number of allylic oxidation sites excluding steroid dienone is 1. The minimum Gasteiger partial charge on any atom is -0.0871 e. The van der Waals surface area contributed by atoms with E-state index < -0.39 is 0 Å². The van der Waals surface area contributed by atoms with Gasteiger partial charge in [0.1, 0.15) is 0 Å². The highest BCUT2D eigenvalue weighted by Gasteiger charge is 1.88. The average Bonchev–Trinajstić information content (AvgIpc) is 2.06. The van der Waals surface area contributed by atoms with Crippen LogP contribution in [0.4, 0.5) is 0 Å². The van der Waals surface area contributed by atoms with Crippen molar-refractivity contribution in [2.24, 2.45) is 0 Å². The van der Waals surface area contributed by atoms with Crippen LogP contribution in [0.3, 0.4) is 0 Å². The van der Waals surface area contributed by atoms with E-state index in [1.807, 2.05) is 13.0 Å². The highest BCUT2D eigenvalue weighted by molar-refractivity contribution is 5.49. The molecule has 0 fully saturated rings. The maximum absolute atomic E-state index is 3.83. The van der Waals surface area contributed by atoms with E-state index in [1.165, 1.54) is 11.1 Å². The quantitative estimate of drug-likeness (QED) is 0.600. The first-order chi connectivity index (χ1) is 5.36. The van der Waals surface area contributed by atoms with Crippen molar-refractivity contribution >= 4 is 6.08 Å². The summed E-state index contributed by atoms with van der Waals surface area (Å²) in [5.74, 6) is 0. The molecule has 0 heteroatoms. The van der Waals surface area contributed by atoms with Gasteiger partial charge in [0.15, 0.2) is 0 Å². The SMILES string of the molecule is [CH2]Cc1cccc(/C=C\C)c1. The van der Waals surface area contributed by atoms with Crippen molar-refractivity contribution in [1.82, 2.24) is 0 Å². The molecule has 1 radical (unpaired) electrons. The van der Waals surface area contributed by atoms with E-state index >= 15 is 0 Å². The molecular weight excluding hydrogens is 132 g/mol. The fourth-order valence-corrected chi connectivity index (χ4v) is 1.04. The lowest BCUT2D eigenvalue weighted by Crippen LogP contribution is -1.79. The van der Waals surface area contributed by atoms with Gasteiger partial charge in [-0.1, -0.05) is 36.4 Å². The zero-order valence-electron chi connectivity index (χ0n) is 6.88. The Morgan fingerprint density at radius 1 is 1.45 bits per heavy atom. The van der Waals surface area contributed by atoms with Crippen LogP contribution in [0.1, 0.15) is 18.1 Å². The van der Waals surface area contributed by atoms with Crippen molar-refractivity contribution in [3.8, 4) is 0 Å². The first-order valence-electron chi connectivity index (χ1n) is 3.87. The fourth-order valence-electron chi connectivity index (χ4n) is 1.04. The van der Waals surface area contributed by atoms with Gasteiger partial charge in [-0.15, -0.1) is 0 Å². The van der Waals surface area contributed by atoms with Gasteiger partial charge >= 0.3 is 0 Å². The first kappa shape index (κ1) is 8.06. The summed E-state index contributed by atoms with van der Waals surface area (Å²) in [4.78, 5) is 0. The Morgan fingerprint density at radius 3 is 2.91 bits per heavy atom. The van der Waals surface area contributed by atoms with Gasteiger partial charge in [0.05, 0.1) is 0 Å². The third kappa shape index (κ3) is 2.23. The Morgan fingerprint density at radius 2 is 2.27 bits per heavy atom. The Kier molecular flexibility index (Phi) is 2.91. The van der Waals surface area contributed by atoms with Gasteiger partial charge in [-0.3, -0.25) is 0 Å². The lowest BCUT2D eigenvalue weighted by Gasteiger charge is -1.96. The predicted molar refractivity (Wildman–Crippen MR) is 50.2 cm³/mol. The minimum atomic E-state index is 0.866. The Bertz CT molecular complexity index is 246. The molecule has 0 spiro atoms. The molecule has 0 unspecified atom stereocenters. The van der Waals surface area contributed by atoms with Gasteiger partial charge in [0.2, 0.25) is 0 Å². The molecule has 0 bridgehead atoms. The van der Waals surface area contributed by atoms with E-state index in [1.54, 1.807) is 0 Å². The summed E-state index contributed by atoms with van der Waals surface area (Å²) in [6.07, 6.45) is 5.01. The topological polar surface area (TPSA) is 0 Å². The third-order valence-electron chi connectivity index (χ3n) is 1.60. The smallest absolute Gasteiger partial charge is 0.0257 e. The summed E-state index contributed by atoms with van der Waals surface area (Å²) in [6.45, 7) is 5.86. The second-order valence-corrected chi connectivity index (χ2v) is 2.50. The van der Waals surface area contributed by atoms with Gasteiger partial charge in [-0.25, -0.2) is 0 Å². The molecule has 0 N–H and O–H groups in total. The third-order valence-corrected chi connectivity index (χ3v) is 1.60. The highest BCUT2D eigenvalue weighted by Crippen LogP contribution is 2.06. The van der Waals surface area contributed by atoms with E-state index in [-0.39, 0.29) is 0 Å². The number of rotatable bonds is 2. The normalized spacial score (nSPS) is 10.7. The van der Waals surface area contributed by atoms with E-state index in [4.69, 9.17) is 0 Å². The summed E-state index contributed by atoms with van der Waals surface area (Å²) >= 11 is 0. The maximum Gasteiger partial charge on any atom is -0.0257 e. The van der Waals surface area contributed by atoms with Crippen LogP contribution in [-0.4, -0.2) is 0 Å². The van der Waals surface area contributed by atoms with Crippen LogP contribution in [0.5, 0.6) is 0 Å². The molecule has 0 heterocycles. The molecule has 0 amide bonds. The molecule has 1 aromatic rings. The van der Waals surface area contributed by atoms with Crippen LogP contribution in [0.25, 0.3) is 6.08 Å².